The van der Waals surface area contributed by atoms with Crippen molar-refractivity contribution in [1.82, 2.24) is 0 Å². The zero-order chi connectivity index (χ0) is 55.9. The van der Waals surface area contributed by atoms with Gasteiger partial charge in [0.1, 0.15) is 6.61 Å². The molecule has 0 heterocycles. The lowest BCUT2D eigenvalue weighted by atomic mass is 10.0. The standard InChI is InChI=1S/C67H120NO8P/c1-3-5-7-9-11-13-15-17-19-21-23-24-25-26-27-28-29-30-31-32-33-34-35-36-37-38-39-40-42-44-46-48-50-52-54-56-58-60-67(70)76-65(64-75-77(71,72)74-62-61-68)63-73-66(69)59-57-55-53-51-49-47-45-43-41-22-20-18-16-14-12-10-8-6-4-2/h5,7,11-14,17-20,23-24,26-27,65H,3-4,6,8-10,15-16,21-22,25,28-64,68H2,1-2H3,(H,71,72)/b7-5-,13-11-,14-12-,19-17-,20-18-,24-23-,27-26-. The molecule has 0 aliphatic heterocycles. The van der Waals surface area contributed by atoms with Crippen LogP contribution in [0.5, 0.6) is 0 Å². The van der Waals surface area contributed by atoms with Gasteiger partial charge in [-0.15, -0.1) is 0 Å². The number of nitrogens with two attached hydrogens (primary N) is 1. The summed E-state index contributed by atoms with van der Waals surface area (Å²) in [5.74, 6) is -0.823. The highest BCUT2D eigenvalue weighted by molar-refractivity contribution is 7.47. The first-order valence-corrected chi connectivity index (χ1v) is 33.6. The molecule has 2 unspecified atom stereocenters. The summed E-state index contributed by atoms with van der Waals surface area (Å²) in [5.41, 5.74) is 5.39. The molecular weight excluding hydrogens is 978 g/mol. The van der Waals surface area contributed by atoms with Crippen molar-refractivity contribution in [2.75, 3.05) is 26.4 Å². The molecule has 9 nitrogen and oxygen atoms in total. The molecule has 0 amide bonds. The number of hydrogen-bond donors (Lipinski definition) is 2. The van der Waals surface area contributed by atoms with Gasteiger partial charge in [0.25, 0.3) is 0 Å². The van der Waals surface area contributed by atoms with E-state index >= 15 is 0 Å². The van der Waals surface area contributed by atoms with Crippen LogP contribution in [0.2, 0.25) is 0 Å². The van der Waals surface area contributed by atoms with E-state index in [2.05, 4.69) is 98.9 Å². The number of rotatable bonds is 60. The number of phosphoric ester groups is 1. The molecule has 0 aromatic carbocycles. The topological polar surface area (TPSA) is 134 Å². The lowest BCUT2D eigenvalue weighted by Crippen LogP contribution is -2.29. The lowest BCUT2D eigenvalue weighted by molar-refractivity contribution is -0.161. The van der Waals surface area contributed by atoms with Gasteiger partial charge < -0.3 is 20.1 Å². The molecule has 0 rings (SSSR count). The van der Waals surface area contributed by atoms with Crippen LogP contribution in [0.3, 0.4) is 0 Å². The van der Waals surface area contributed by atoms with Gasteiger partial charge in [0.2, 0.25) is 0 Å². The molecule has 77 heavy (non-hydrogen) atoms. The van der Waals surface area contributed by atoms with E-state index in [1.54, 1.807) is 0 Å². The van der Waals surface area contributed by atoms with Crippen molar-refractivity contribution < 1.29 is 37.6 Å². The Morgan fingerprint density at radius 2 is 0.714 bits per heavy atom. The molecule has 0 bridgehead atoms. The van der Waals surface area contributed by atoms with Gasteiger partial charge in [0.15, 0.2) is 6.10 Å². The summed E-state index contributed by atoms with van der Waals surface area (Å²) in [7, 11) is -4.39. The van der Waals surface area contributed by atoms with Crippen molar-refractivity contribution in [1.29, 1.82) is 0 Å². The van der Waals surface area contributed by atoms with E-state index in [1.807, 2.05) is 0 Å². The number of ether oxygens (including phenoxy) is 2. The Hall–Kier alpha value is -2.81. The molecule has 0 aliphatic carbocycles. The monoisotopic (exact) mass is 1100 g/mol. The van der Waals surface area contributed by atoms with Gasteiger partial charge in [-0.25, -0.2) is 4.57 Å². The minimum absolute atomic E-state index is 0.0519. The molecule has 10 heteroatoms. The summed E-state index contributed by atoms with van der Waals surface area (Å²) in [6.45, 7) is 3.63. The minimum atomic E-state index is -4.39. The molecule has 0 aromatic rings. The van der Waals surface area contributed by atoms with Crippen LogP contribution in [-0.4, -0.2) is 49.3 Å². The van der Waals surface area contributed by atoms with E-state index < -0.39 is 26.5 Å². The van der Waals surface area contributed by atoms with E-state index in [0.717, 1.165) is 77.0 Å². The smallest absolute Gasteiger partial charge is 0.462 e. The third-order valence-electron chi connectivity index (χ3n) is 13.8. The van der Waals surface area contributed by atoms with Gasteiger partial charge in [-0.2, -0.15) is 0 Å². The quantitative estimate of drug-likeness (QED) is 0.0264. The number of allylic oxidation sites excluding steroid dienone is 14. The van der Waals surface area contributed by atoms with Crippen molar-refractivity contribution in [3.05, 3.63) is 85.1 Å². The van der Waals surface area contributed by atoms with Crippen molar-refractivity contribution in [3.63, 3.8) is 0 Å². The molecule has 2 atom stereocenters. The van der Waals surface area contributed by atoms with Crippen molar-refractivity contribution in [3.8, 4) is 0 Å². The predicted molar refractivity (Wildman–Crippen MR) is 330 cm³/mol. The molecule has 446 valence electrons. The van der Waals surface area contributed by atoms with E-state index in [0.29, 0.717) is 6.42 Å². The third kappa shape index (κ3) is 62.3. The normalized spacial score (nSPS) is 13.6. The zero-order valence-electron chi connectivity index (χ0n) is 49.9. The van der Waals surface area contributed by atoms with Crippen LogP contribution in [0, 0.1) is 0 Å². The number of esters is 2. The van der Waals surface area contributed by atoms with E-state index in [-0.39, 0.29) is 38.6 Å². The maximum Gasteiger partial charge on any atom is 0.472 e. The largest absolute Gasteiger partial charge is 0.472 e. The van der Waals surface area contributed by atoms with Gasteiger partial charge in [-0.1, -0.05) is 279 Å². The number of carbonyl (C=O) groups excluding carboxylic acids is 2. The van der Waals surface area contributed by atoms with Crippen molar-refractivity contribution >= 4 is 19.8 Å². The Morgan fingerprint density at radius 3 is 1.06 bits per heavy atom. The minimum Gasteiger partial charge on any atom is -0.462 e. The number of hydrogen-bond acceptors (Lipinski definition) is 8. The highest BCUT2D eigenvalue weighted by Gasteiger charge is 2.26. The highest BCUT2D eigenvalue weighted by Crippen LogP contribution is 2.43. The molecule has 0 saturated carbocycles. The fourth-order valence-corrected chi connectivity index (χ4v) is 9.81. The van der Waals surface area contributed by atoms with Gasteiger partial charge in [0, 0.05) is 19.4 Å². The van der Waals surface area contributed by atoms with Gasteiger partial charge >= 0.3 is 19.8 Å². The Kier molecular flexibility index (Phi) is 60.1. The first-order chi connectivity index (χ1) is 37.8. The SMILES string of the molecule is CC/C=C\C/C=C\C/C=C\C/C=C\C/C=C\CCCCCCCCCCCCCCCCCCCCCCCC(=O)OC(COC(=O)CCCCCCCCCCC/C=C\C/C=C\CCCCC)COP(=O)(O)OCCN. The zero-order valence-corrected chi connectivity index (χ0v) is 50.8. The number of carbonyl (C=O) groups is 2. The Bertz CT molecular complexity index is 1530. The fourth-order valence-electron chi connectivity index (χ4n) is 9.05. The average molecular weight is 1100 g/mol. The van der Waals surface area contributed by atoms with E-state index in [4.69, 9.17) is 24.3 Å². The molecule has 3 N–H and O–H groups in total. The van der Waals surface area contributed by atoms with Gasteiger partial charge in [0.05, 0.1) is 13.2 Å². The summed E-state index contributed by atoms with van der Waals surface area (Å²) in [5, 5.41) is 0. The van der Waals surface area contributed by atoms with Crippen LogP contribution < -0.4 is 5.73 Å². The van der Waals surface area contributed by atoms with Crippen LogP contribution in [-0.2, 0) is 32.7 Å². The van der Waals surface area contributed by atoms with Gasteiger partial charge in [-0.05, 0) is 89.9 Å². The molecule has 0 radical (unpaired) electrons. The number of unbranched alkanes of at least 4 members (excludes halogenated alkanes) is 33. The molecule has 0 aromatic heterocycles. The lowest BCUT2D eigenvalue weighted by Gasteiger charge is -2.19. The van der Waals surface area contributed by atoms with Crippen LogP contribution in [0.15, 0.2) is 85.1 Å². The second-order valence-corrected chi connectivity index (χ2v) is 22.7. The Balaban J connectivity index is 3.84. The third-order valence-corrected chi connectivity index (χ3v) is 14.7. The van der Waals surface area contributed by atoms with Gasteiger partial charge in [-0.3, -0.25) is 18.6 Å². The fraction of sp³-hybridized carbons (Fsp3) is 0.761. The molecule has 0 saturated heterocycles. The van der Waals surface area contributed by atoms with Crippen LogP contribution in [0.1, 0.15) is 296 Å². The summed E-state index contributed by atoms with van der Waals surface area (Å²) >= 11 is 0. The second kappa shape index (κ2) is 62.4. The first-order valence-electron chi connectivity index (χ1n) is 32.1. The molecule has 0 fully saturated rings. The Morgan fingerprint density at radius 1 is 0.403 bits per heavy atom. The predicted octanol–water partition coefficient (Wildman–Crippen LogP) is 20.6. The second-order valence-electron chi connectivity index (χ2n) is 21.2. The molecular formula is C67H120NO8P. The summed E-state index contributed by atoms with van der Waals surface area (Å²) in [6, 6.07) is 0. The maximum atomic E-state index is 12.7. The molecule has 0 aliphatic rings. The summed E-state index contributed by atoms with van der Waals surface area (Å²) < 4.78 is 33.1. The molecule has 0 spiro atoms. The van der Waals surface area contributed by atoms with E-state index in [1.165, 1.54) is 186 Å². The maximum absolute atomic E-state index is 12.7. The van der Waals surface area contributed by atoms with Crippen molar-refractivity contribution in [2.45, 2.75) is 302 Å². The van der Waals surface area contributed by atoms with E-state index in [9.17, 15) is 19.0 Å². The van der Waals surface area contributed by atoms with Crippen LogP contribution >= 0.6 is 7.82 Å². The summed E-state index contributed by atoms with van der Waals surface area (Å²) in [4.78, 5) is 35.2. The highest BCUT2D eigenvalue weighted by atomic mass is 31.2. The van der Waals surface area contributed by atoms with Crippen LogP contribution in [0.4, 0.5) is 0 Å². The Labute approximate surface area is 474 Å². The number of phosphoric acid groups is 1. The van der Waals surface area contributed by atoms with Crippen LogP contribution in [0.25, 0.3) is 0 Å². The first kappa shape index (κ1) is 74.2. The average Bonchev–Trinajstić information content (AvgIpc) is 3.42. The summed E-state index contributed by atoms with van der Waals surface area (Å²) in [6.07, 6.45) is 82.3. The van der Waals surface area contributed by atoms with Crippen molar-refractivity contribution in [2.24, 2.45) is 5.73 Å².